The molecule has 0 fully saturated rings. The number of alkyl carbamates (subject to hydrolysis) is 1. The number of halogens is 1. The Morgan fingerprint density at radius 3 is 2.67 bits per heavy atom. The van der Waals surface area contributed by atoms with Gasteiger partial charge in [-0.05, 0) is 18.6 Å². The van der Waals surface area contributed by atoms with Crippen molar-refractivity contribution in [3.05, 3.63) is 29.6 Å². The Labute approximate surface area is 121 Å². The molecule has 0 spiro atoms. The van der Waals surface area contributed by atoms with Gasteiger partial charge >= 0.3 is 12.1 Å². The summed E-state index contributed by atoms with van der Waals surface area (Å²) in [6.07, 6.45) is 0.608. The van der Waals surface area contributed by atoms with E-state index in [9.17, 15) is 14.0 Å². The van der Waals surface area contributed by atoms with Gasteiger partial charge in [0.1, 0.15) is 11.6 Å². The van der Waals surface area contributed by atoms with E-state index in [2.05, 4.69) is 5.32 Å². The SMILES string of the molecule is CCCCOC(=O)NC(C(=O)O)c1ccc(OC)cc1F. The highest BCUT2D eigenvalue weighted by Crippen LogP contribution is 2.22. The minimum atomic E-state index is -1.52. The maximum atomic E-state index is 13.9. The first kappa shape index (κ1) is 16.7. The fraction of sp³-hybridized carbons (Fsp3) is 0.429. The number of carboxylic acids is 1. The average molecular weight is 299 g/mol. The highest BCUT2D eigenvalue weighted by atomic mass is 19.1. The molecule has 0 aliphatic carbocycles. The van der Waals surface area contributed by atoms with Crippen LogP contribution in [-0.4, -0.2) is 30.9 Å². The topological polar surface area (TPSA) is 84.9 Å². The summed E-state index contributed by atoms with van der Waals surface area (Å²) >= 11 is 0. The Bertz CT molecular complexity index is 506. The molecule has 0 bridgehead atoms. The van der Waals surface area contributed by atoms with Crippen molar-refractivity contribution >= 4 is 12.1 Å². The van der Waals surface area contributed by atoms with Gasteiger partial charge in [0.05, 0.1) is 13.7 Å². The van der Waals surface area contributed by atoms with Gasteiger partial charge in [-0.1, -0.05) is 13.3 Å². The molecule has 0 aromatic heterocycles. The van der Waals surface area contributed by atoms with Crippen molar-refractivity contribution < 1.29 is 28.6 Å². The molecule has 7 heteroatoms. The number of methoxy groups -OCH3 is 1. The van der Waals surface area contributed by atoms with Crippen molar-refractivity contribution in [1.29, 1.82) is 0 Å². The Balaban J connectivity index is 2.82. The molecule has 1 rings (SSSR count). The number of benzene rings is 1. The summed E-state index contributed by atoms with van der Waals surface area (Å²) in [5.41, 5.74) is -0.171. The number of amides is 1. The molecule has 0 heterocycles. The molecule has 1 amide bonds. The number of unbranched alkanes of at least 4 members (excludes halogenated alkanes) is 1. The van der Waals surface area contributed by atoms with Crippen LogP contribution in [0, 0.1) is 5.82 Å². The van der Waals surface area contributed by atoms with E-state index < -0.39 is 23.9 Å². The number of carbonyl (C=O) groups excluding carboxylic acids is 1. The molecule has 6 nitrogen and oxygen atoms in total. The maximum Gasteiger partial charge on any atom is 0.408 e. The smallest absolute Gasteiger partial charge is 0.408 e. The van der Waals surface area contributed by atoms with Crippen LogP contribution in [0.5, 0.6) is 5.75 Å². The predicted octanol–water partition coefficient (Wildman–Crippen LogP) is 2.49. The number of hydrogen-bond donors (Lipinski definition) is 2. The van der Waals surface area contributed by atoms with E-state index in [4.69, 9.17) is 14.6 Å². The van der Waals surface area contributed by atoms with Crippen molar-refractivity contribution in [2.45, 2.75) is 25.8 Å². The van der Waals surface area contributed by atoms with Crippen LogP contribution in [-0.2, 0) is 9.53 Å². The lowest BCUT2D eigenvalue weighted by Gasteiger charge is -2.16. The summed E-state index contributed by atoms with van der Waals surface area (Å²) in [4.78, 5) is 22.7. The Morgan fingerprint density at radius 2 is 2.14 bits per heavy atom. The monoisotopic (exact) mass is 299 g/mol. The molecular formula is C14H18FNO5. The summed E-state index contributed by atoms with van der Waals surface area (Å²) in [5.74, 6) is -1.91. The summed E-state index contributed by atoms with van der Waals surface area (Å²) in [6.45, 7) is 2.10. The second-order valence-corrected chi connectivity index (χ2v) is 4.29. The van der Waals surface area contributed by atoms with E-state index in [1.54, 1.807) is 0 Å². The van der Waals surface area contributed by atoms with Gasteiger partial charge in [0.2, 0.25) is 0 Å². The molecule has 21 heavy (non-hydrogen) atoms. The molecule has 0 saturated heterocycles. The molecule has 0 radical (unpaired) electrons. The van der Waals surface area contributed by atoms with Crippen LogP contribution in [0.25, 0.3) is 0 Å². The lowest BCUT2D eigenvalue weighted by Crippen LogP contribution is -2.34. The molecular weight excluding hydrogens is 281 g/mol. The standard InChI is InChI=1S/C14H18FNO5/c1-3-4-7-21-14(19)16-12(13(17)18)10-6-5-9(20-2)8-11(10)15/h5-6,8,12H,3-4,7H2,1-2H3,(H,16,19)(H,17,18). The van der Waals surface area contributed by atoms with Gasteiger partial charge in [0.25, 0.3) is 0 Å². The second kappa shape index (κ2) is 8.08. The van der Waals surface area contributed by atoms with Gasteiger partial charge in [0, 0.05) is 11.6 Å². The largest absolute Gasteiger partial charge is 0.497 e. The zero-order valence-corrected chi connectivity index (χ0v) is 11.9. The zero-order valence-electron chi connectivity index (χ0n) is 11.9. The van der Waals surface area contributed by atoms with Gasteiger partial charge in [0.15, 0.2) is 6.04 Å². The summed E-state index contributed by atoms with van der Waals surface area (Å²) < 4.78 is 23.5. The van der Waals surface area contributed by atoms with Gasteiger partial charge in [-0.2, -0.15) is 0 Å². The van der Waals surface area contributed by atoms with Gasteiger partial charge in [-0.15, -0.1) is 0 Å². The fourth-order valence-corrected chi connectivity index (χ4v) is 1.61. The number of hydrogen-bond acceptors (Lipinski definition) is 4. The number of rotatable bonds is 7. The van der Waals surface area contributed by atoms with Crippen molar-refractivity contribution in [3.8, 4) is 5.75 Å². The molecule has 0 aliphatic rings. The van der Waals surface area contributed by atoms with Crippen LogP contribution in [0.15, 0.2) is 18.2 Å². The van der Waals surface area contributed by atoms with E-state index in [0.717, 1.165) is 12.5 Å². The van der Waals surface area contributed by atoms with Gasteiger partial charge < -0.3 is 19.9 Å². The Morgan fingerprint density at radius 1 is 1.43 bits per heavy atom. The number of ether oxygens (including phenoxy) is 2. The van der Waals surface area contributed by atoms with E-state index in [1.165, 1.54) is 19.2 Å². The molecule has 116 valence electrons. The van der Waals surface area contributed by atoms with Gasteiger partial charge in [-0.25, -0.2) is 14.0 Å². The average Bonchev–Trinajstić information content (AvgIpc) is 2.45. The third-order valence-electron chi connectivity index (χ3n) is 2.76. The van der Waals surface area contributed by atoms with Crippen LogP contribution < -0.4 is 10.1 Å². The predicted molar refractivity (Wildman–Crippen MR) is 72.7 cm³/mol. The van der Waals surface area contributed by atoms with E-state index in [-0.39, 0.29) is 17.9 Å². The third-order valence-corrected chi connectivity index (χ3v) is 2.76. The molecule has 2 N–H and O–H groups in total. The van der Waals surface area contributed by atoms with Crippen molar-refractivity contribution in [1.82, 2.24) is 5.32 Å². The molecule has 1 aromatic carbocycles. The first-order valence-corrected chi connectivity index (χ1v) is 6.49. The lowest BCUT2D eigenvalue weighted by molar-refractivity contribution is -0.139. The molecule has 1 unspecified atom stereocenters. The lowest BCUT2D eigenvalue weighted by atomic mass is 10.1. The quantitative estimate of drug-likeness (QED) is 0.756. The first-order valence-electron chi connectivity index (χ1n) is 6.49. The zero-order chi connectivity index (χ0) is 15.8. The minimum absolute atomic E-state index is 0.171. The van der Waals surface area contributed by atoms with Crippen molar-refractivity contribution in [3.63, 3.8) is 0 Å². The second-order valence-electron chi connectivity index (χ2n) is 4.29. The number of nitrogens with one attached hydrogen (secondary N) is 1. The van der Waals surface area contributed by atoms with Crippen molar-refractivity contribution in [2.24, 2.45) is 0 Å². The maximum absolute atomic E-state index is 13.9. The number of carboxylic acid groups (broad SMARTS) is 1. The number of carbonyl (C=O) groups is 2. The van der Waals surface area contributed by atoms with Gasteiger partial charge in [-0.3, -0.25) is 0 Å². The Kier molecular flexibility index (Phi) is 6.45. The van der Waals surface area contributed by atoms with Crippen LogP contribution in [0.4, 0.5) is 9.18 Å². The van der Waals surface area contributed by atoms with Crippen LogP contribution in [0.1, 0.15) is 31.4 Å². The van der Waals surface area contributed by atoms with E-state index >= 15 is 0 Å². The summed E-state index contributed by atoms with van der Waals surface area (Å²) in [5, 5.41) is 11.3. The van der Waals surface area contributed by atoms with Crippen LogP contribution in [0.2, 0.25) is 0 Å². The molecule has 1 aromatic rings. The molecule has 0 saturated carbocycles. The Hall–Kier alpha value is -2.31. The fourth-order valence-electron chi connectivity index (χ4n) is 1.61. The van der Waals surface area contributed by atoms with Crippen LogP contribution >= 0.6 is 0 Å². The molecule has 0 aliphatic heterocycles. The first-order chi connectivity index (χ1) is 9.99. The van der Waals surface area contributed by atoms with Crippen LogP contribution in [0.3, 0.4) is 0 Å². The third kappa shape index (κ3) is 4.94. The normalized spacial score (nSPS) is 11.6. The van der Waals surface area contributed by atoms with E-state index in [1.807, 2.05) is 6.92 Å². The number of aliphatic carboxylic acids is 1. The summed E-state index contributed by atoms with van der Waals surface area (Å²) in [7, 11) is 1.37. The highest BCUT2D eigenvalue weighted by Gasteiger charge is 2.26. The summed E-state index contributed by atoms with van der Waals surface area (Å²) in [6, 6.07) is 2.19. The van der Waals surface area contributed by atoms with Crippen molar-refractivity contribution in [2.75, 3.05) is 13.7 Å². The minimum Gasteiger partial charge on any atom is -0.497 e. The highest BCUT2D eigenvalue weighted by molar-refractivity contribution is 5.81. The molecule has 1 atom stereocenters. The van der Waals surface area contributed by atoms with E-state index in [0.29, 0.717) is 6.42 Å².